The van der Waals surface area contributed by atoms with Crippen LogP contribution in [-0.2, 0) is 14.8 Å². The Hall–Kier alpha value is -2.20. The highest BCUT2D eigenvalue weighted by Crippen LogP contribution is 2.34. The predicted octanol–water partition coefficient (Wildman–Crippen LogP) is 4.31. The molecule has 1 aliphatic rings. The summed E-state index contributed by atoms with van der Waals surface area (Å²) in [5.41, 5.74) is 1.78. The van der Waals surface area contributed by atoms with Crippen molar-refractivity contribution < 1.29 is 17.9 Å². The van der Waals surface area contributed by atoms with E-state index < -0.39 is 10.0 Å². The summed E-state index contributed by atoms with van der Waals surface area (Å²) < 4.78 is 33.1. The zero-order valence-corrected chi connectivity index (χ0v) is 19.5. The van der Waals surface area contributed by atoms with Crippen LogP contribution in [0, 0.1) is 12.8 Å². The Morgan fingerprint density at radius 3 is 2.48 bits per heavy atom. The SMILES string of the molecule is COc1ccc(S(=O)(=O)N2CCC(C(=O)Nc3nc4c(C)ccc(Cl)c4s3)CC2)cc1. The molecule has 164 valence electrons. The van der Waals surface area contributed by atoms with E-state index in [1.807, 2.05) is 19.1 Å². The number of nitrogens with one attached hydrogen (secondary N) is 1. The fourth-order valence-electron chi connectivity index (χ4n) is 3.62. The molecule has 7 nitrogen and oxygen atoms in total. The molecule has 3 aromatic rings. The minimum absolute atomic E-state index is 0.144. The van der Waals surface area contributed by atoms with Gasteiger partial charge in [0.1, 0.15) is 5.75 Å². The number of amides is 1. The quantitative estimate of drug-likeness (QED) is 0.589. The molecule has 0 atom stereocenters. The summed E-state index contributed by atoms with van der Waals surface area (Å²) in [5.74, 6) is 0.181. The van der Waals surface area contributed by atoms with Crippen molar-refractivity contribution in [2.75, 3.05) is 25.5 Å². The first-order valence-electron chi connectivity index (χ1n) is 9.80. The maximum atomic E-state index is 12.9. The number of nitrogens with zero attached hydrogens (tertiary/aromatic N) is 2. The number of benzene rings is 2. The third-order valence-electron chi connectivity index (χ3n) is 5.45. The number of anilines is 1. The van der Waals surface area contributed by atoms with Crippen molar-refractivity contribution in [3.05, 3.63) is 47.0 Å². The zero-order chi connectivity index (χ0) is 22.2. The molecule has 0 radical (unpaired) electrons. The Morgan fingerprint density at radius 1 is 1.19 bits per heavy atom. The van der Waals surface area contributed by atoms with Crippen LogP contribution < -0.4 is 10.1 Å². The first-order valence-corrected chi connectivity index (χ1v) is 12.4. The fraction of sp³-hybridized carbons (Fsp3) is 0.333. The van der Waals surface area contributed by atoms with E-state index in [-0.39, 0.29) is 29.8 Å². The van der Waals surface area contributed by atoms with Crippen molar-refractivity contribution in [3.8, 4) is 5.75 Å². The molecular formula is C21H22ClN3O4S2. The number of hydrogen-bond donors (Lipinski definition) is 1. The van der Waals surface area contributed by atoms with Gasteiger partial charge in [0, 0.05) is 19.0 Å². The third-order valence-corrected chi connectivity index (χ3v) is 8.79. The van der Waals surface area contributed by atoms with Gasteiger partial charge in [0.25, 0.3) is 0 Å². The molecule has 0 saturated carbocycles. The number of piperidine rings is 1. The Balaban J connectivity index is 1.41. The van der Waals surface area contributed by atoms with E-state index >= 15 is 0 Å². The van der Waals surface area contributed by atoms with Gasteiger partial charge in [-0.3, -0.25) is 4.79 Å². The number of aryl methyl sites for hydroxylation is 1. The average Bonchev–Trinajstić information content (AvgIpc) is 3.21. The van der Waals surface area contributed by atoms with Crippen molar-refractivity contribution in [1.82, 2.24) is 9.29 Å². The summed E-state index contributed by atoms with van der Waals surface area (Å²) in [7, 11) is -2.07. The number of sulfonamides is 1. The van der Waals surface area contributed by atoms with E-state index in [4.69, 9.17) is 16.3 Å². The monoisotopic (exact) mass is 479 g/mol. The smallest absolute Gasteiger partial charge is 0.243 e. The summed E-state index contributed by atoms with van der Waals surface area (Å²) in [6.07, 6.45) is 0.901. The lowest BCUT2D eigenvalue weighted by molar-refractivity contribution is -0.120. The highest BCUT2D eigenvalue weighted by Gasteiger charge is 2.32. The molecule has 0 spiro atoms. The highest BCUT2D eigenvalue weighted by molar-refractivity contribution is 7.89. The average molecular weight is 480 g/mol. The summed E-state index contributed by atoms with van der Waals surface area (Å²) >= 11 is 7.59. The van der Waals surface area contributed by atoms with Crippen molar-refractivity contribution in [2.24, 2.45) is 5.92 Å². The van der Waals surface area contributed by atoms with E-state index in [2.05, 4.69) is 10.3 Å². The lowest BCUT2D eigenvalue weighted by Crippen LogP contribution is -2.41. The maximum absolute atomic E-state index is 12.9. The Kier molecular flexibility index (Phi) is 6.20. The van der Waals surface area contributed by atoms with Crippen LogP contribution in [0.1, 0.15) is 18.4 Å². The molecule has 31 heavy (non-hydrogen) atoms. The van der Waals surface area contributed by atoms with Crippen LogP contribution in [-0.4, -0.2) is 43.8 Å². The minimum atomic E-state index is -3.60. The van der Waals surface area contributed by atoms with Crippen molar-refractivity contribution >= 4 is 54.2 Å². The summed E-state index contributed by atoms with van der Waals surface area (Å²) in [4.78, 5) is 17.5. The largest absolute Gasteiger partial charge is 0.497 e. The van der Waals surface area contributed by atoms with E-state index in [9.17, 15) is 13.2 Å². The molecule has 0 aliphatic carbocycles. The fourth-order valence-corrected chi connectivity index (χ4v) is 6.31. The molecule has 1 N–H and O–H groups in total. The maximum Gasteiger partial charge on any atom is 0.243 e. The van der Waals surface area contributed by atoms with Crippen LogP contribution in [0.25, 0.3) is 10.2 Å². The van der Waals surface area contributed by atoms with Gasteiger partial charge in [0.05, 0.1) is 27.2 Å². The number of thiazole rings is 1. The van der Waals surface area contributed by atoms with Gasteiger partial charge in [-0.2, -0.15) is 4.31 Å². The Labute approximate surface area is 190 Å². The second-order valence-corrected chi connectivity index (χ2v) is 10.7. The standard InChI is InChI=1S/C21H22ClN3O4S2/c1-13-3-8-17(22)19-18(13)23-21(30-19)24-20(26)14-9-11-25(12-10-14)31(27,28)16-6-4-15(29-2)5-7-16/h3-8,14H,9-12H2,1-2H3,(H,23,24,26). The molecule has 2 heterocycles. The van der Waals surface area contributed by atoms with Gasteiger partial charge in [-0.25, -0.2) is 13.4 Å². The van der Waals surface area contributed by atoms with Crippen molar-refractivity contribution in [3.63, 3.8) is 0 Å². The van der Waals surface area contributed by atoms with E-state index in [1.54, 1.807) is 12.1 Å². The van der Waals surface area contributed by atoms with Crippen LogP contribution in [0.5, 0.6) is 5.75 Å². The molecule has 1 fully saturated rings. The number of carbonyl (C=O) groups excluding carboxylic acids is 1. The second kappa shape index (κ2) is 8.74. The first kappa shape index (κ1) is 22.0. The van der Waals surface area contributed by atoms with Gasteiger partial charge in [-0.05, 0) is 55.7 Å². The summed E-state index contributed by atoms with van der Waals surface area (Å²) in [6.45, 7) is 2.53. The molecule has 1 aliphatic heterocycles. The number of methoxy groups -OCH3 is 1. The number of hydrogen-bond acceptors (Lipinski definition) is 6. The lowest BCUT2D eigenvalue weighted by atomic mass is 9.97. The molecule has 4 rings (SSSR count). The highest BCUT2D eigenvalue weighted by atomic mass is 35.5. The first-order chi connectivity index (χ1) is 14.8. The molecule has 0 unspecified atom stereocenters. The molecule has 1 aromatic heterocycles. The molecule has 10 heteroatoms. The van der Waals surface area contributed by atoms with E-state index in [0.29, 0.717) is 28.7 Å². The number of halogens is 1. The Morgan fingerprint density at radius 2 is 1.87 bits per heavy atom. The normalized spacial score (nSPS) is 15.8. The van der Waals surface area contributed by atoms with Crippen LogP contribution in [0.15, 0.2) is 41.3 Å². The van der Waals surface area contributed by atoms with Gasteiger partial charge in [-0.15, -0.1) is 0 Å². The number of aromatic nitrogens is 1. The van der Waals surface area contributed by atoms with Crippen LogP contribution >= 0.6 is 22.9 Å². The van der Waals surface area contributed by atoms with Gasteiger partial charge in [-0.1, -0.05) is 29.0 Å². The lowest BCUT2D eigenvalue weighted by Gasteiger charge is -2.30. The second-order valence-electron chi connectivity index (χ2n) is 7.40. The van der Waals surface area contributed by atoms with Crippen molar-refractivity contribution in [1.29, 1.82) is 0 Å². The summed E-state index contributed by atoms with van der Waals surface area (Å²) in [5, 5.41) is 3.99. The molecule has 2 aromatic carbocycles. The minimum Gasteiger partial charge on any atom is -0.497 e. The number of fused-ring (bicyclic) bond motifs is 1. The van der Waals surface area contributed by atoms with Gasteiger partial charge in [0.15, 0.2) is 5.13 Å². The van der Waals surface area contributed by atoms with Gasteiger partial charge in [0.2, 0.25) is 15.9 Å². The molecule has 0 bridgehead atoms. The van der Waals surface area contributed by atoms with E-state index in [0.717, 1.165) is 15.8 Å². The number of rotatable bonds is 5. The molecule has 1 saturated heterocycles. The van der Waals surface area contributed by atoms with E-state index in [1.165, 1.54) is 34.9 Å². The summed E-state index contributed by atoms with van der Waals surface area (Å²) in [6, 6.07) is 10.0. The van der Waals surface area contributed by atoms with Crippen molar-refractivity contribution in [2.45, 2.75) is 24.7 Å². The van der Waals surface area contributed by atoms with Gasteiger partial charge >= 0.3 is 0 Å². The molecule has 1 amide bonds. The topological polar surface area (TPSA) is 88.6 Å². The van der Waals surface area contributed by atoms with Gasteiger partial charge < -0.3 is 10.1 Å². The van der Waals surface area contributed by atoms with Crippen LogP contribution in [0.3, 0.4) is 0 Å². The molecular weight excluding hydrogens is 458 g/mol. The van der Waals surface area contributed by atoms with Crippen LogP contribution in [0.4, 0.5) is 5.13 Å². The zero-order valence-electron chi connectivity index (χ0n) is 17.1. The van der Waals surface area contributed by atoms with Crippen LogP contribution in [0.2, 0.25) is 5.02 Å². The number of ether oxygens (including phenoxy) is 1. The predicted molar refractivity (Wildman–Crippen MR) is 122 cm³/mol. The number of carbonyl (C=O) groups is 1. The Bertz CT molecular complexity index is 1180. The third kappa shape index (κ3) is 4.41.